The van der Waals surface area contributed by atoms with E-state index in [1.165, 1.54) is 19.2 Å². The summed E-state index contributed by atoms with van der Waals surface area (Å²) in [6.07, 6.45) is 5.97. The molecule has 1 aromatic heterocycles. The van der Waals surface area contributed by atoms with Gasteiger partial charge in [-0.05, 0) is 87.0 Å². The van der Waals surface area contributed by atoms with Crippen molar-refractivity contribution in [3.8, 4) is 23.8 Å². The first-order valence-electron chi connectivity index (χ1n) is 14.5. The number of nitrogens with two attached hydrogens (primary N) is 1. The number of benzene rings is 3. The molecule has 3 heterocycles. The Kier molecular flexibility index (Phi) is 10.8. The number of H-pyrrole nitrogens is 1. The molecule has 2 aliphatic heterocycles. The molecule has 1 unspecified atom stereocenters. The lowest BCUT2D eigenvalue weighted by Gasteiger charge is -2.14. The average Bonchev–Trinajstić information content (AvgIpc) is 3.74. The maximum atomic E-state index is 12.9. The molecule has 6 rings (SSSR count). The summed E-state index contributed by atoms with van der Waals surface area (Å²) < 4.78 is 23.5. The molecular weight excluding hydrogens is 589 g/mol. The number of terminal acetylenes is 1. The second-order valence-electron chi connectivity index (χ2n) is 10.5. The summed E-state index contributed by atoms with van der Waals surface area (Å²) in [6, 6.07) is 16.4. The van der Waals surface area contributed by atoms with Crippen molar-refractivity contribution in [3.05, 3.63) is 106 Å². The van der Waals surface area contributed by atoms with Crippen molar-refractivity contribution in [2.75, 3.05) is 24.5 Å². The van der Waals surface area contributed by atoms with Crippen molar-refractivity contribution in [1.29, 1.82) is 0 Å². The highest BCUT2D eigenvalue weighted by Crippen LogP contribution is 2.33. The number of carbonyl (C=O) groups is 3. The molecule has 238 valence electrons. The third-order valence-electron chi connectivity index (χ3n) is 7.36. The molecule has 0 fully saturated rings. The van der Waals surface area contributed by atoms with Crippen LogP contribution >= 0.6 is 0 Å². The van der Waals surface area contributed by atoms with Gasteiger partial charge in [-0.3, -0.25) is 14.4 Å². The number of carbonyl (C=O) groups excluding carboxylic acids is 3. The summed E-state index contributed by atoms with van der Waals surface area (Å²) in [5.74, 6) is 3.26. The lowest BCUT2D eigenvalue weighted by molar-refractivity contribution is -0.116. The van der Waals surface area contributed by atoms with Crippen LogP contribution in [0.5, 0.6) is 11.5 Å². The maximum Gasteiger partial charge on any atom is 0.251 e. The van der Waals surface area contributed by atoms with Crippen molar-refractivity contribution >= 4 is 29.1 Å². The smallest absolute Gasteiger partial charge is 0.251 e. The van der Waals surface area contributed by atoms with E-state index in [2.05, 4.69) is 32.6 Å². The topological polar surface area (TPSA) is 148 Å². The predicted molar refractivity (Wildman–Crippen MR) is 174 cm³/mol. The molecule has 1 atom stereocenters. The van der Waals surface area contributed by atoms with Crippen LogP contribution in [0.25, 0.3) is 0 Å². The first-order chi connectivity index (χ1) is 22.1. The summed E-state index contributed by atoms with van der Waals surface area (Å²) >= 11 is 0. The van der Waals surface area contributed by atoms with Gasteiger partial charge in [0, 0.05) is 22.5 Å². The zero-order chi connectivity index (χ0) is 33.4. The number of halogens is 1. The number of nitrogens with one attached hydrogen (secondary N) is 4. The fraction of sp³-hybridized carbons (Fsp3) is 0.229. The highest BCUT2D eigenvalue weighted by molar-refractivity contribution is 6.01. The average molecular weight is 626 g/mol. The molecule has 10 nitrogen and oxygen atoms in total. The van der Waals surface area contributed by atoms with Gasteiger partial charge in [-0.15, -0.1) is 6.42 Å². The van der Waals surface area contributed by atoms with E-state index >= 15 is 0 Å². The van der Waals surface area contributed by atoms with Gasteiger partial charge in [-0.1, -0.05) is 24.1 Å². The number of aromatic nitrogens is 1. The van der Waals surface area contributed by atoms with Crippen molar-refractivity contribution in [2.24, 2.45) is 5.73 Å². The van der Waals surface area contributed by atoms with Gasteiger partial charge in [-0.2, -0.15) is 0 Å². The number of anilines is 2. The minimum atomic E-state index is -0.307. The van der Waals surface area contributed by atoms with Gasteiger partial charge in [0.25, 0.3) is 5.91 Å². The molecule has 6 N–H and O–H groups in total. The maximum absolute atomic E-state index is 12.9. The Hall–Kier alpha value is -5.60. The van der Waals surface area contributed by atoms with Gasteiger partial charge < -0.3 is 36.1 Å². The van der Waals surface area contributed by atoms with Crippen molar-refractivity contribution < 1.29 is 28.2 Å². The van der Waals surface area contributed by atoms with E-state index in [-0.39, 0.29) is 42.8 Å². The highest BCUT2D eigenvalue weighted by Gasteiger charge is 2.20. The van der Waals surface area contributed by atoms with Crippen molar-refractivity contribution in [2.45, 2.75) is 39.7 Å². The SMILES string of the molecule is C#Cc1[nH]c(C)c(NC(=O)Cc2ccc3c(c2)OCO3)c1C.CC(NC(=O)c1ccc2c(c1)CC(=O)N2)c1ccc(F)cc1.CN. The van der Waals surface area contributed by atoms with E-state index < -0.39 is 0 Å². The van der Waals surface area contributed by atoms with Crippen LogP contribution < -0.4 is 31.2 Å². The molecule has 46 heavy (non-hydrogen) atoms. The van der Waals surface area contributed by atoms with E-state index in [0.29, 0.717) is 29.2 Å². The number of ether oxygens (including phenoxy) is 2. The normalized spacial score (nSPS) is 12.7. The standard InChI is InChI=1S/C17H15FN2O2.C17H16N2O3.CH5N/c1-10(11-2-5-14(18)6-3-11)19-17(22)12-4-7-15-13(8-12)9-16(21)20-15;1-4-13-10(2)17(11(3)18-13)19-16(20)8-12-5-6-14-15(7-12)22-9-21-14;1-2/h2-8,10H,9H2,1H3,(H,19,22)(H,20,21);1,5-7,18H,8-9H2,2-3H3,(H,19,20);2H2,1H3. The lowest BCUT2D eigenvalue weighted by Crippen LogP contribution is -2.26. The van der Waals surface area contributed by atoms with Crippen molar-refractivity contribution in [3.63, 3.8) is 0 Å². The van der Waals surface area contributed by atoms with E-state index in [9.17, 15) is 18.8 Å². The number of fused-ring (bicyclic) bond motifs is 2. The molecule has 3 aromatic carbocycles. The Morgan fingerprint density at radius 2 is 1.76 bits per heavy atom. The minimum absolute atomic E-state index is 0.0627. The number of aryl methyl sites for hydroxylation is 1. The fourth-order valence-electron chi connectivity index (χ4n) is 4.99. The van der Waals surface area contributed by atoms with Crippen LogP contribution in [0.4, 0.5) is 15.8 Å². The largest absolute Gasteiger partial charge is 0.454 e. The van der Waals surface area contributed by atoms with Crippen LogP contribution in [-0.4, -0.2) is 36.5 Å². The summed E-state index contributed by atoms with van der Waals surface area (Å²) in [7, 11) is 1.50. The molecule has 0 radical (unpaired) electrons. The molecule has 3 amide bonds. The number of amides is 3. The zero-order valence-electron chi connectivity index (χ0n) is 26.0. The molecule has 2 aliphatic rings. The number of hydrogen-bond acceptors (Lipinski definition) is 6. The van der Waals surface area contributed by atoms with E-state index in [0.717, 1.165) is 39.3 Å². The third-order valence-corrected chi connectivity index (χ3v) is 7.36. The first kappa shape index (κ1) is 33.3. The van der Waals surface area contributed by atoms with Crippen LogP contribution in [0, 0.1) is 32.0 Å². The summed E-state index contributed by atoms with van der Waals surface area (Å²) in [5, 5.41) is 8.51. The van der Waals surface area contributed by atoms with E-state index in [1.807, 2.05) is 39.0 Å². The van der Waals surface area contributed by atoms with Crippen LogP contribution in [0.1, 0.15) is 57.0 Å². The molecule has 0 saturated heterocycles. The molecule has 0 aliphatic carbocycles. The van der Waals surface area contributed by atoms with Crippen LogP contribution in [0.15, 0.2) is 60.7 Å². The third kappa shape index (κ3) is 7.91. The molecule has 4 aromatic rings. The monoisotopic (exact) mass is 625 g/mol. The highest BCUT2D eigenvalue weighted by atomic mass is 19.1. The Morgan fingerprint density at radius 1 is 1.04 bits per heavy atom. The minimum Gasteiger partial charge on any atom is -0.454 e. The number of rotatable bonds is 6. The summed E-state index contributed by atoms with van der Waals surface area (Å²) in [5.41, 5.74) is 11.4. The number of aromatic amines is 1. The predicted octanol–water partition coefficient (Wildman–Crippen LogP) is 4.91. The fourth-order valence-corrected chi connectivity index (χ4v) is 4.99. The van der Waals surface area contributed by atoms with Gasteiger partial charge in [0.2, 0.25) is 18.6 Å². The Labute approximate surface area is 266 Å². The Morgan fingerprint density at radius 3 is 2.46 bits per heavy atom. The summed E-state index contributed by atoms with van der Waals surface area (Å²) in [4.78, 5) is 38.9. The Bertz CT molecular complexity index is 1790. The van der Waals surface area contributed by atoms with Gasteiger partial charge in [0.1, 0.15) is 5.82 Å². The van der Waals surface area contributed by atoms with Crippen LogP contribution in [0.3, 0.4) is 0 Å². The summed E-state index contributed by atoms with van der Waals surface area (Å²) in [6.45, 7) is 5.82. The second-order valence-corrected chi connectivity index (χ2v) is 10.5. The van der Waals surface area contributed by atoms with Gasteiger partial charge in [0.05, 0.1) is 30.3 Å². The zero-order valence-corrected chi connectivity index (χ0v) is 26.0. The van der Waals surface area contributed by atoms with Crippen molar-refractivity contribution in [1.82, 2.24) is 10.3 Å². The van der Waals surface area contributed by atoms with Crippen LogP contribution in [-0.2, 0) is 22.4 Å². The molecule has 0 spiro atoms. The second kappa shape index (κ2) is 14.9. The quantitative estimate of drug-likeness (QED) is 0.193. The number of hydrogen-bond donors (Lipinski definition) is 5. The molecule has 11 heteroatoms. The lowest BCUT2D eigenvalue weighted by atomic mass is 10.1. The van der Waals surface area contributed by atoms with E-state index in [4.69, 9.17) is 15.9 Å². The van der Waals surface area contributed by atoms with Gasteiger partial charge in [-0.25, -0.2) is 4.39 Å². The Balaban J connectivity index is 0.000000198. The van der Waals surface area contributed by atoms with Gasteiger partial charge >= 0.3 is 0 Å². The first-order valence-corrected chi connectivity index (χ1v) is 14.5. The molecule has 0 bridgehead atoms. The molecule has 0 saturated carbocycles. The van der Waals surface area contributed by atoms with Crippen LogP contribution in [0.2, 0.25) is 0 Å². The van der Waals surface area contributed by atoms with Gasteiger partial charge in [0.15, 0.2) is 11.5 Å². The van der Waals surface area contributed by atoms with E-state index in [1.54, 1.807) is 30.3 Å². The molecular formula is C35H36FN5O5.